The van der Waals surface area contributed by atoms with Gasteiger partial charge in [-0.2, -0.15) is 0 Å². The van der Waals surface area contributed by atoms with E-state index in [2.05, 4.69) is 0 Å². The Morgan fingerprint density at radius 1 is 0.875 bits per heavy atom. The van der Waals surface area contributed by atoms with Gasteiger partial charge < -0.3 is 17.5 Å². The number of hydrogen-bond acceptors (Lipinski definition) is 0. The molecule has 0 aliphatic rings. The molecule has 0 N–H and O–H groups in total. The van der Waals surface area contributed by atoms with Crippen LogP contribution in [0.15, 0.2) is 48.8 Å². The average Bonchev–Trinajstić information content (AvgIpc) is 2.69. The minimum Gasteiger partial charge on any atom is -0.445 e. The summed E-state index contributed by atoms with van der Waals surface area (Å²) in [5, 5.41) is 0. The van der Waals surface area contributed by atoms with Crippen LogP contribution in [-0.4, -0.2) is 11.5 Å². The molecule has 1 aromatic heterocycles. The van der Waals surface area contributed by atoms with Crippen LogP contribution < -0.4 is 56.8 Å². The van der Waals surface area contributed by atoms with Crippen molar-refractivity contribution < 1.29 is 64.3 Å². The molecule has 0 bridgehead atoms. The first-order valence-corrected chi connectivity index (χ1v) is 4.50. The molecule has 1 heterocycles. The molecule has 16 heavy (non-hydrogen) atoms. The van der Waals surface area contributed by atoms with Gasteiger partial charge in [0.2, 0.25) is 0 Å². The number of aromatic nitrogens is 1. The summed E-state index contributed by atoms with van der Waals surface area (Å²) in [5.74, 6) is 0. The van der Waals surface area contributed by atoms with Crippen LogP contribution >= 0.6 is 0 Å². The van der Waals surface area contributed by atoms with Crippen LogP contribution in [0.2, 0.25) is 0 Å². The molecule has 0 saturated heterocycles. The monoisotopic (exact) mass is 249 g/mol. The summed E-state index contributed by atoms with van der Waals surface area (Å²) in [6.45, 7) is -4.89. The summed E-state index contributed by atoms with van der Waals surface area (Å²) in [5.41, 5.74) is 0.162. The van der Waals surface area contributed by atoms with Gasteiger partial charge in [-0.3, -0.25) is 0 Å². The van der Waals surface area contributed by atoms with Crippen LogP contribution in [0, 0.1) is 0 Å². The van der Waals surface area contributed by atoms with E-state index in [0.717, 1.165) is 17.8 Å². The number of benzene rings is 1. The largest absolute Gasteiger partial charge is 1.00 e. The van der Waals surface area contributed by atoms with E-state index in [0.29, 0.717) is 0 Å². The molecule has 6 heteroatoms. The predicted molar refractivity (Wildman–Crippen MR) is 54.5 cm³/mol. The van der Waals surface area contributed by atoms with Crippen molar-refractivity contribution >= 4 is 12.4 Å². The molecule has 0 unspecified atom stereocenters. The summed E-state index contributed by atoms with van der Waals surface area (Å²) >= 11 is 0. The Morgan fingerprint density at radius 3 is 1.81 bits per heavy atom. The minimum atomic E-state index is -4.89. The maximum absolute atomic E-state index is 12.3. The summed E-state index contributed by atoms with van der Waals surface area (Å²) in [6, 6.07) is 8.78. The van der Waals surface area contributed by atoms with Gasteiger partial charge in [0, 0.05) is 18.1 Å². The minimum absolute atomic E-state index is 0. The zero-order valence-corrected chi connectivity index (χ0v) is 11.9. The van der Waals surface area contributed by atoms with Gasteiger partial charge in [0.05, 0.1) is 0 Å². The fraction of sp³-hybridized carbons (Fsp3) is 0. The van der Waals surface area contributed by atoms with E-state index < -0.39 is 12.4 Å². The first-order valence-electron chi connectivity index (χ1n) is 4.50. The van der Waals surface area contributed by atoms with Crippen LogP contribution in [-0.2, 0) is 0 Å². The van der Waals surface area contributed by atoms with Gasteiger partial charge in [-0.1, -0.05) is 12.1 Å². The quantitative estimate of drug-likeness (QED) is 0.634. The van der Waals surface area contributed by atoms with Crippen molar-refractivity contribution in [3.63, 3.8) is 0 Å². The first-order chi connectivity index (χ1) is 7.07. The van der Waals surface area contributed by atoms with Crippen molar-refractivity contribution in [1.82, 2.24) is 4.57 Å². The zero-order valence-electron chi connectivity index (χ0n) is 8.78. The van der Waals surface area contributed by atoms with Crippen LogP contribution in [0.5, 0.6) is 0 Å². The second-order valence-electron chi connectivity index (χ2n) is 3.26. The third-order valence-corrected chi connectivity index (χ3v) is 2.17. The van der Waals surface area contributed by atoms with Gasteiger partial charge in [-0.15, -0.1) is 5.46 Å². The topological polar surface area (TPSA) is 4.93 Å². The van der Waals surface area contributed by atoms with Gasteiger partial charge in [-0.25, -0.2) is 0 Å². The molecule has 0 aliphatic heterocycles. The van der Waals surface area contributed by atoms with E-state index in [4.69, 9.17) is 0 Å². The smallest absolute Gasteiger partial charge is 0.445 e. The molecular formula is C10H8BF3KN. The van der Waals surface area contributed by atoms with Crippen molar-refractivity contribution in [1.29, 1.82) is 0 Å². The van der Waals surface area contributed by atoms with Crippen molar-refractivity contribution in [2.75, 3.05) is 0 Å². The summed E-state index contributed by atoms with van der Waals surface area (Å²) in [7, 11) is 0. The average molecular weight is 249 g/mol. The maximum atomic E-state index is 12.3. The van der Waals surface area contributed by atoms with E-state index in [9.17, 15) is 12.9 Å². The van der Waals surface area contributed by atoms with E-state index in [1.807, 2.05) is 12.1 Å². The SMILES string of the molecule is F[B-](F)(F)c1ccc(-n2cccc2)cc1.[K+]. The Balaban J connectivity index is 0.00000128. The maximum Gasteiger partial charge on any atom is 1.00 e. The van der Waals surface area contributed by atoms with Crippen molar-refractivity contribution in [2.24, 2.45) is 0 Å². The van der Waals surface area contributed by atoms with E-state index >= 15 is 0 Å². The first kappa shape index (κ1) is 14.1. The molecule has 0 radical (unpaired) electrons. The standard InChI is InChI=1S/C10H8BF3N.K/c12-11(13,14)9-3-5-10(6-4-9)15-7-1-2-8-15;/h1-8H;/q-1;+1. The number of hydrogen-bond donors (Lipinski definition) is 0. The Bertz CT molecular complexity index is 436. The molecule has 2 aromatic rings. The molecular weight excluding hydrogens is 241 g/mol. The van der Waals surface area contributed by atoms with Crippen molar-refractivity contribution in [3.05, 3.63) is 48.8 Å². The van der Waals surface area contributed by atoms with Gasteiger partial charge in [0.15, 0.2) is 0 Å². The number of halogens is 3. The molecule has 0 fully saturated rings. The summed E-state index contributed by atoms with van der Waals surface area (Å²) < 4.78 is 38.7. The third kappa shape index (κ3) is 3.24. The number of nitrogens with zero attached hydrogens (tertiary/aromatic N) is 1. The zero-order chi connectivity index (χ0) is 10.9. The molecule has 0 aliphatic carbocycles. The molecule has 0 spiro atoms. The fourth-order valence-electron chi connectivity index (χ4n) is 1.37. The molecule has 0 amide bonds. The van der Waals surface area contributed by atoms with Gasteiger partial charge in [-0.05, 0) is 24.3 Å². The molecule has 2 rings (SSSR count). The van der Waals surface area contributed by atoms with Crippen LogP contribution in [0.1, 0.15) is 0 Å². The second-order valence-corrected chi connectivity index (χ2v) is 3.26. The Kier molecular flexibility index (Phi) is 4.88. The fourth-order valence-corrected chi connectivity index (χ4v) is 1.37. The normalized spacial score (nSPS) is 10.9. The van der Waals surface area contributed by atoms with Crippen LogP contribution in [0.3, 0.4) is 0 Å². The summed E-state index contributed by atoms with van der Waals surface area (Å²) in [4.78, 5) is 0. The van der Waals surface area contributed by atoms with Gasteiger partial charge in [0.1, 0.15) is 0 Å². The Morgan fingerprint density at radius 2 is 1.38 bits per heavy atom. The molecule has 0 atom stereocenters. The Labute approximate surface area is 134 Å². The summed E-state index contributed by atoms with van der Waals surface area (Å²) in [6.07, 6.45) is 3.57. The van der Waals surface area contributed by atoms with Crippen molar-refractivity contribution in [2.45, 2.75) is 0 Å². The molecule has 78 valence electrons. The van der Waals surface area contributed by atoms with Gasteiger partial charge in [0.25, 0.3) is 0 Å². The predicted octanol–water partition coefficient (Wildman–Crippen LogP) is -0.464. The number of rotatable bonds is 2. The third-order valence-electron chi connectivity index (χ3n) is 2.17. The van der Waals surface area contributed by atoms with Gasteiger partial charge >= 0.3 is 58.4 Å². The van der Waals surface area contributed by atoms with Crippen LogP contribution in [0.25, 0.3) is 5.69 Å². The van der Waals surface area contributed by atoms with E-state index in [-0.39, 0.29) is 51.4 Å². The Hall–Kier alpha value is -0.00870. The molecule has 0 saturated carbocycles. The van der Waals surface area contributed by atoms with Crippen LogP contribution in [0.4, 0.5) is 12.9 Å². The van der Waals surface area contributed by atoms with E-state index in [1.54, 1.807) is 17.0 Å². The van der Waals surface area contributed by atoms with E-state index in [1.165, 1.54) is 12.1 Å². The molecule has 1 aromatic carbocycles. The second kappa shape index (κ2) is 5.55. The molecule has 1 nitrogen and oxygen atoms in total. The van der Waals surface area contributed by atoms with Crippen molar-refractivity contribution in [3.8, 4) is 5.69 Å².